The molecule has 0 bridgehead atoms. The summed E-state index contributed by atoms with van der Waals surface area (Å²) in [6, 6.07) is 14.1. The van der Waals surface area contributed by atoms with Gasteiger partial charge in [-0.15, -0.1) is 0 Å². The van der Waals surface area contributed by atoms with E-state index in [1.54, 1.807) is 19.3 Å². The fourth-order valence-corrected chi connectivity index (χ4v) is 4.29. The van der Waals surface area contributed by atoms with Crippen molar-refractivity contribution in [1.29, 1.82) is 0 Å². The molecule has 0 unspecified atom stereocenters. The minimum atomic E-state index is -0.307. The molecule has 3 N–H and O–H groups in total. The molecule has 0 aliphatic rings. The number of anilines is 1. The third-order valence-corrected chi connectivity index (χ3v) is 6.18. The number of carbonyl (C=O) groups excluding carboxylic acids is 1. The van der Waals surface area contributed by atoms with Gasteiger partial charge in [0.25, 0.3) is 5.56 Å². The fourth-order valence-electron chi connectivity index (χ4n) is 4.29. The number of hydrogen-bond acceptors (Lipinski definition) is 6. The van der Waals surface area contributed by atoms with Crippen molar-refractivity contribution in [2.75, 3.05) is 26.0 Å². The van der Waals surface area contributed by atoms with E-state index in [2.05, 4.69) is 42.8 Å². The third-order valence-electron chi connectivity index (χ3n) is 6.18. The Labute approximate surface area is 210 Å². The van der Waals surface area contributed by atoms with E-state index in [0.29, 0.717) is 12.2 Å². The zero-order valence-corrected chi connectivity index (χ0v) is 21.2. The second-order valence-corrected chi connectivity index (χ2v) is 9.45. The topological polar surface area (TPSA) is 108 Å². The van der Waals surface area contributed by atoms with Gasteiger partial charge in [-0.3, -0.25) is 19.3 Å². The van der Waals surface area contributed by atoms with Crippen LogP contribution in [0.15, 0.2) is 59.7 Å². The van der Waals surface area contributed by atoms with Crippen LogP contribution in [-0.2, 0) is 24.3 Å². The predicted molar refractivity (Wildman–Crippen MR) is 142 cm³/mol. The SMILES string of the molecule is Cc1cc2[nH]ncc2cc1CNC(=O)Cn1c(C)cnc(N[C@@H](Cc2ccccc2)CN(C)C)c1=O. The normalized spacial score (nSPS) is 12.1. The lowest BCUT2D eigenvalue weighted by Crippen LogP contribution is -2.39. The minimum absolute atomic E-state index is 0.0200. The number of H-pyrrole nitrogens is 1. The van der Waals surface area contributed by atoms with E-state index >= 15 is 0 Å². The highest BCUT2D eigenvalue weighted by Crippen LogP contribution is 2.17. The van der Waals surface area contributed by atoms with Crippen molar-refractivity contribution in [1.82, 2.24) is 30.0 Å². The molecule has 2 aromatic heterocycles. The number of fused-ring (bicyclic) bond motifs is 1. The van der Waals surface area contributed by atoms with Crippen molar-refractivity contribution in [3.05, 3.63) is 87.6 Å². The Bertz CT molecular complexity index is 1390. The van der Waals surface area contributed by atoms with E-state index in [9.17, 15) is 9.59 Å². The Kier molecular flexibility index (Phi) is 7.80. The van der Waals surface area contributed by atoms with E-state index in [1.807, 2.05) is 51.4 Å². The van der Waals surface area contributed by atoms with Crippen molar-refractivity contribution in [2.45, 2.75) is 39.4 Å². The molecule has 0 saturated heterocycles. The lowest BCUT2D eigenvalue weighted by molar-refractivity contribution is -0.121. The van der Waals surface area contributed by atoms with Gasteiger partial charge >= 0.3 is 0 Å². The largest absolute Gasteiger partial charge is 0.361 e. The molecule has 0 radical (unpaired) electrons. The quantitative estimate of drug-likeness (QED) is 0.317. The van der Waals surface area contributed by atoms with Crippen molar-refractivity contribution in [3.8, 4) is 0 Å². The monoisotopic (exact) mass is 487 g/mol. The molecule has 0 fully saturated rings. The van der Waals surface area contributed by atoms with Gasteiger partial charge in [-0.1, -0.05) is 30.3 Å². The number of rotatable bonds is 10. The maximum Gasteiger partial charge on any atom is 0.293 e. The van der Waals surface area contributed by atoms with Crippen molar-refractivity contribution < 1.29 is 4.79 Å². The molecule has 9 heteroatoms. The second-order valence-electron chi connectivity index (χ2n) is 9.45. The Balaban J connectivity index is 1.46. The van der Waals surface area contributed by atoms with E-state index < -0.39 is 0 Å². The van der Waals surface area contributed by atoms with E-state index in [4.69, 9.17) is 0 Å². The highest BCUT2D eigenvalue weighted by atomic mass is 16.2. The Morgan fingerprint density at radius 2 is 1.92 bits per heavy atom. The maximum absolute atomic E-state index is 13.3. The van der Waals surface area contributed by atoms with Gasteiger partial charge in [-0.2, -0.15) is 5.10 Å². The van der Waals surface area contributed by atoms with Crippen LogP contribution in [0.4, 0.5) is 5.82 Å². The molecule has 0 aliphatic heterocycles. The highest BCUT2D eigenvalue weighted by Gasteiger charge is 2.17. The number of benzene rings is 2. The number of aromatic amines is 1. The van der Waals surface area contributed by atoms with Crippen LogP contribution in [-0.4, -0.2) is 57.2 Å². The summed E-state index contributed by atoms with van der Waals surface area (Å²) in [6.07, 6.45) is 4.13. The predicted octanol–water partition coefficient (Wildman–Crippen LogP) is 2.64. The number of aromatic nitrogens is 4. The lowest BCUT2D eigenvalue weighted by Gasteiger charge is -2.23. The van der Waals surface area contributed by atoms with Gasteiger partial charge in [0.1, 0.15) is 6.54 Å². The van der Waals surface area contributed by atoms with Gasteiger partial charge in [0.15, 0.2) is 5.82 Å². The summed E-state index contributed by atoms with van der Waals surface area (Å²) in [5.41, 5.74) is 4.52. The summed E-state index contributed by atoms with van der Waals surface area (Å²) in [5, 5.41) is 14.3. The molecule has 0 aliphatic carbocycles. The molecule has 188 valence electrons. The first kappa shape index (κ1) is 25.1. The molecule has 1 atom stereocenters. The van der Waals surface area contributed by atoms with Gasteiger partial charge in [0.2, 0.25) is 5.91 Å². The smallest absolute Gasteiger partial charge is 0.293 e. The molecule has 4 aromatic rings. The van der Waals surface area contributed by atoms with Gasteiger partial charge in [-0.25, -0.2) is 4.98 Å². The second kappa shape index (κ2) is 11.2. The minimum Gasteiger partial charge on any atom is -0.361 e. The van der Waals surface area contributed by atoms with Crippen LogP contribution < -0.4 is 16.2 Å². The molecule has 1 amide bonds. The maximum atomic E-state index is 13.3. The van der Waals surface area contributed by atoms with E-state index in [-0.39, 0.29) is 29.9 Å². The molecule has 2 heterocycles. The third kappa shape index (κ3) is 6.17. The van der Waals surface area contributed by atoms with Gasteiger partial charge in [-0.05, 0) is 63.2 Å². The summed E-state index contributed by atoms with van der Waals surface area (Å²) < 4.78 is 1.46. The average molecular weight is 488 g/mol. The van der Waals surface area contributed by atoms with Gasteiger partial charge in [0.05, 0.1) is 11.7 Å². The van der Waals surface area contributed by atoms with Gasteiger partial charge < -0.3 is 15.5 Å². The van der Waals surface area contributed by atoms with Crippen LogP contribution in [0.25, 0.3) is 10.9 Å². The number of amides is 1. The molecule has 2 aromatic carbocycles. The molecule has 0 saturated carbocycles. The van der Waals surface area contributed by atoms with Crippen LogP contribution in [0.5, 0.6) is 0 Å². The first-order valence-corrected chi connectivity index (χ1v) is 12.0. The first-order chi connectivity index (χ1) is 17.3. The molecule has 0 spiro atoms. The molecule has 9 nitrogen and oxygen atoms in total. The summed E-state index contributed by atoms with van der Waals surface area (Å²) in [6.45, 7) is 4.80. The number of aryl methyl sites for hydroxylation is 2. The fraction of sp³-hybridized carbons (Fsp3) is 0.333. The number of likely N-dealkylation sites (N-methyl/N-ethyl adjacent to an activating group) is 1. The first-order valence-electron chi connectivity index (χ1n) is 12.0. The molecular formula is C27H33N7O2. The van der Waals surface area contributed by atoms with Crippen LogP contribution in [0.3, 0.4) is 0 Å². The molecular weight excluding hydrogens is 454 g/mol. The summed E-state index contributed by atoms with van der Waals surface area (Å²) in [4.78, 5) is 32.5. The Morgan fingerprint density at radius 1 is 1.14 bits per heavy atom. The summed E-state index contributed by atoms with van der Waals surface area (Å²) in [7, 11) is 3.99. The average Bonchev–Trinajstić information content (AvgIpc) is 3.29. The number of carbonyl (C=O) groups is 1. The van der Waals surface area contributed by atoms with Crippen LogP contribution in [0, 0.1) is 13.8 Å². The Morgan fingerprint density at radius 3 is 2.67 bits per heavy atom. The zero-order chi connectivity index (χ0) is 25.7. The van der Waals surface area contributed by atoms with Crippen molar-refractivity contribution >= 4 is 22.6 Å². The highest BCUT2D eigenvalue weighted by molar-refractivity contribution is 5.80. The van der Waals surface area contributed by atoms with E-state index in [0.717, 1.165) is 35.0 Å². The molecule has 36 heavy (non-hydrogen) atoms. The van der Waals surface area contributed by atoms with Gasteiger partial charge in [0, 0.05) is 36.4 Å². The van der Waals surface area contributed by atoms with Crippen molar-refractivity contribution in [3.63, 3.8) is 0 Å². The molecule has 4 rings (SSSR count). The number of nitrogens with zero attached hydrogens (tertiary/aromatic N) is 4. The standard InChI is InChI=1S/C27H33N7O2/c1-18-10-24-22(15-30-32-24)12-21(18)14-28-25(35)17-34-19(2)13-29-26(27(34)36)31-23(16-33(3)4)11-20-8-6-5-7-9-20/h5-10,12-13,15,23H,11,14,16-17H2,1-4H3,(H,28,35)(H,29,31)(H,30,32)/t23-/m0/s1. The van der Waals surface area contributed by atoms with Crippen LogP contribution in [0.1, 0.15) is 22.4 Å². The Hall–Kier alpha value is -3.98. The van der Waals surface area contributed by atoms with Crippen LogP contribution in [0.2, 0.25) is 0 Å². The lowest BCUT2D eigenvalue weighted by atomic mass is 10.1. The van der Waals surface area contributed by atoms with Crippen LogP contribution >= 0.6 is 0 Å². The van der Waals surface area contributed by atoms with E-state index in [1.165, 1.54) is 10.1 Å². The number of nitrogens with one attached hydrogen (secondary N) is 3. The number of hydrogen-bond donors (Lipinski definition) is 3. The summed E-state index contributed by atoms with van der Waals surface area (Å²) >= 11 is 0. The zero-order valence-electron chi connectivity index (χ0n) is 21.2. The van der Waals surface area contributed by atoms with Crippen molar-refractivity contribution in [2.24, 2.45) is 0 Å². The summed E-state index contributed by atoms with van der Waals surface area (Å²) in [5.74, 6) is 0.00982.